The van der Waals surface area contributed by atoms with E-state index in [0.717, 1.165) is 5.39 Å². The third-order valence-corrected chi connectivity index (χ3v) is 2.81. The molecule has 0 saturated heterocycles. The van der Waals surface area contributed by atoms with Gasteiger partial charge in [0.05, 0.1) is 6.61 Å². The van der Waals surface area contributed by atoms with Crippen molar-refractivity contribution in [2.45, 2.75) is 19.8 Å². The normalized spacial score (nSPS) is 10.7. The van der Waals surface area contributed by atoms with Gasteiger partial charge < -0.3 is 14.3 Å². The fourth-order valence-corrected chi connectivity index (χ4v) is 1.97. The molecule has 0 radical (unpaired) electrons. The number of carbonyl (C=O) groups is 1. The Morgan fingerprint density at radius 1 is 1.35 bits per heavy atom. The lowest BCUT2D eigenvalue weighted by atomic mass is 10.1. The summed E-state index contributed by atoms with van der Waals surface area (Å²) in [7, 11) is 0. The maximum Gasteiger partial charge on any atom is 0.336 e. The Kier molecular flexibility index (Phi) is 4.53. The zero-order valence-electron chi connectivity index (χ0n) is 11.2. The lowest BCUT2D eigenvalue weighted by molar-refractivity contribution is -0.116. The minimum absolute atomic E-state index is 0.0137. The van der Waals surface area contributed by atoms with Crippen molar-refractivity contribution in [1.82, 2.24) is 0 Å². The molecule has 1 heterocycles. The molecule has 5 nitrogen and oxygen atoms in total. The number of rotatable bonds is 6. The molecule has 106 valence electrons. The fraction of sp³-hybridized carbons (Fsp3) is 0.333. The molecule has 0 fully saturated rings. The number of ketones is 1. The highest BCUT2D eigenvalue weighted by molar-refractivity contribution is 5.87. The van der Waals surface area contributed by atoms with E-state index < -0.39 is 5.63 Å². The summed E-state index contributed by atoms with van der Waals surface area (Å²) in [6.07, 6.45) is 0.735. The number of aliphatic hydroxyl groups is 1. The quantitative estimate of drug-likeness (QED) is 0.641. The number of aliphatic hydroxyl groups excluding tert-OH is 1. The van der Waals surface area contributed by atoms with Gasteiger partial charge in [0.15, 0.2) is 0 Å². The Morgan fingerprint density at radius 2 is 2.15 bits per heavy atom. The maximum atomic E-state index is 11.5. The Hall–Kier alpha value is -2.14. The average Bonchev–Trinajstić information content (AvgIpc) is 2.37. The van der Waals surface area contributed by atoms with Crippen molar-refractivity contribution in [3.05, 3.63) is 40.2 Å². The molecule has 0 aliphatic heterocycles. The summed E-state index contributed by atoms with van der Waals surface area (Å²) in [6.45, 7) is 1.93. The van der Waals surface area contributed by atoms with Crippen molar-refractivity contribution in [3.63, 3.8) is 0 Å². The number of Topliss-reactive ketones (excluding diaryl/α,β-unsaturated/α-hetero) is 1. The molecular weight excluding hydrogens is 260 g/mol. The van der Waals surface area contributed by atoms with Gasteiger partial charge >= 0.3 is 5.63 Å². The summed E-state index contributed by atoms with van der Waals surface area (Å²) in [6, 6.07) is 6.49. The van der Waals surface area contributed by atoms with Gasteiger partial charge in [-0.2, -0.15) is 0 Å². The first kappa shape index (κ1) is 14.3. The van der Waals surface area contributed by atoms with Gasteiger partial charge in [0.1, 0.15) is 17.1 Å². The molecule has 0 amide bonds. The fourth-order valence-electron chi connectivity index (χ4n) is 1.97. The largest absolute Gasteiger partial charge is 0.493 e. The van der Waals surface area contributed by atoms with E-state index in [-0.39, 0.29) is 18.8 Å². The molecule has 0 bridgehead atoms. The van der Waals surface area contributed by atoms with E-state index >= 15 is 0 Å². The van der Waals surface area contributed by atoms with Crippen LogP contribution in [0.5, 0.6) is 5.75 Å². The van der Waals surface area contributed by atoms with E-state index in [9.17, 15) is 9.59 Å². The molecule has 1 N–H and O–H groups in total. The first-order valence-corrected chi connectivity index (χ1v) is 6.40. The van der Waals surface area contributed by atoms with Gasteiger partial charge in [0, 0.05) is 37.0 Å². The Bertz CT molecular complexity index is 672. The van der Waals surface area contributed by atoms with E-state index in [1.807, 2.05) is 0 Å². The zero-order valence-corrected chi connectivity index (χ0v) is 11.2. The molecule has 5 heteroatoms. The van der Waals surface area contributed by atoms with Crippen molar-refractivity contribution in [2.24, 2.45) is 0 Å². The first-order chi connectivity index (χ1) is 9.60. The third kappa shape index (κ3) is 3.45. The second-order valence-corrected chi connectivity index (χ2v) is 4.55. The molecule has 0 aliphatic carbocycles. The summed E-state index contributed by atoms with van der Waals surface area (Å²) in [5, 5.41) is 9.43. The Morgan fingerprint density at radius 3 is 2.85 bits per heavy atom. The lowest BCUT2D eigenvalue weighted by Gasteiger charge is -2.07. The molecule has 1 aromatic carbocycles. The van der Waals surface area contributed by atoms with Crippen LogP contribution in [0.4, 0.5) is 0 Å². The van der Waals surface area contributed by atoms with Crippen LogP contribution in [-0.4, -0.2) is 24.1 Å². The molecule has 0 atom stereocenters. The van der Waals surface area contributed by atoms with Crippen LogP contribution < -0.4 is 10.4 Å². The van der Waals surface area contributed by atoms with E-state index in [0.29, 0.717) is 29.9 Å². The number of fused-ring (bicyclic) bond motifs is 1. The number of ether oxygens (including phenoxy) is 1. The maximum absolute atomic E-state index is 11.5. The van der Waals surface area contributed by atoms with Crippen LogP contribution in [0, 0.1) is 0 Å². The average molecular weight is 276 g/mol. The van der Waals surface area contributed by atoms with Gasteiger partial charge in [0.25, 0.3) is 0 Å². The van der Waals surface area contributed by atoms with E-state index in [1.54, 1.807) is 18.2 Å². The highest BCUT2D eigenvalue weighted by Gasteiger charge is 2.08. The summed E-state index contributed by atoms with van der Waals surface area (Å²) >= 11 is 0. The Labute approximate surface area is 115 Å². The highest BCUT2D eigenvalue weighted by atomic mass is 16.5. The summed E-state index contributed by atoms with van der Waals surface area (Å²) in [4.78, 5) is 22.7. The van der Waals surface area contributed by atoms with Gasteiger partial charge in [-0.1, -0.05) is 0 Å². The van der Waals surface area contributed by atoms with Crippen LogP contribution in [0.2, 0.25) is 0 Å². The van der Waals surface area contributed by atoms with Crippen LogP contribution in [0.25, 0.3) is 11.0 Å². The molecule has 0 aliphatic rings. The van der Waals surface area contributed by atoms with E-state index in [1.165, 1.54) is 13.0 Å². The predicted octanol–water partition coefficient (Wildman–Crippen LogP) is 1.69. The monoisotopic (exact) mass is 276 g/mol. The minimum atomic E-state index is -0.485. The molecule has 1 aromatic heterocycles. The number of benzene rings is 1. The number of hydrogen-bond acceptors (Lipinski definition) is 5. The highest BCUT2D eigenvalue weighted by Crippen LogP contribution is 2.23. The van der Waals surface area contributed by atoms with E-state index in [2.05, 4.69) is 0 Å². The predicted molar refractivity (Wildman–Crippen MR) is 74.1 cm³/mol. The van der Waals surface area contributed by atoms with Crippen molar-refractivity contribution in [3.8, 4) is 5.75 Å². The first-order valence-electron chi connectivity index (χ1n) is 6.40. The van der Waals surface area contributed by atoms with Crippen LogP contribution >= 0.6 is 0 Å². The van der Waals surface area contributed by atoms with Crippen LogP contribution in [0.15, 0.2) is 33.5 Å². The topological polar surface area (TPSA) is 76.7 Å². The molecule has 0 unspecified atom stereocenters. The van der Waals surface area contributed by atoms with Crippen LogP contribution in [-0.2, 0) is 11.2 Å². The van der Waals surface area contributed by atoms with Gasteiger partial charge in [0.2, 0.25) is 0 Å². The summed E-state index contributed by atoms with van der Waals surface area (Å²) in [5.74, 6) is 0.550. The van der Waals surface area contributed by atoms with Gasteiger partial charge in [-0.15, -0.1) is 0 Å². The molecule has 2 rings (SSSR count). The van der Waals surface area contributed by atoms with Crippen molar-refractivity contribution < 1.29 is 19.1 Å². The van der Waals surface area contributed by atoms with Crippen molar-refractivity contribution >= 4 is 16.8 Å². The zero-order chi connectivity index (χ0) is 14.5. The minimum Gasteiger partial charge on any atom is -0.493 e. The molecule has 0 spiro atoms. The number of hydrogen-bond donors (Lipinski definition) is 1. The van der Waals surface area contributed by atoms with Crippen molar-refractivity contribution in [2.75, 3.05) is 13.2 Å². The second kappa shape index (κ2) is 6.34. The molecular formula is C15H16O5. The second-order valence-electron chi connectivity index (χ2n) is 4.55. The van der Waals surface area contributed by atoms with Gasteiger partial charge in [-0.25, -0.2) is 4.79 Å². The van der Waals surface area contributed by atoms with Crippen molar-refractivity contribution in [1.29, 1.82) is 0 Å². The number of carbonyl (C=O) groups excluding carboxylic acids is 1. The molecule has 2 aromatic rings. The third-order valence-electron chi connectivity index (χ3n) is 2.81. The molecule has 20 heavy (non-hydrogen) atoms. The molecule has 0 saturated carbocycles. The van der Waals surface area contributed by atoms with Gasteiger partial charge in [-0.05, 0) is 24.6 Å². The smallest absolute Gasteiger partial charge is 0.336 e. The summed E-state index contributed by atoms with van der Waals surface area (Å²) in [5.41, 5.74) is 0.571. The Balaban J connectivity index is 2.37. The van der Waals surface area contributed by atoms with Crippen LogP contribution in [0.1, 0.15) is 18.9 Å². The van der Waals surface area contributed by atoms with E-state index in [4.69, 9.17) is 14.3 Å². The standard InChI is InChI=1S/C15H16O5/c1-10(17)7-11-8-15(18)20-14-9-12(3-4-13(11)14)19-6-2-5-16/h3-4,8-9,16H,2,5-7H2,1H3. The SMILES string of the molecule is CC(=O)Cc1cc(=O)oc2cc(OCCCO)ccc12. The lowest BCUT2D eigenvalue weighted by Crippen LogP contribution is -2.05. The van der Waals surface area contributed by atoms with Gasteiger partial charge in [-0.3, -0.25) is 4.79 Å². The summed E-state index contributed by atoms with van der Waals surface area (Å²) < 4.78 is 10.6. The van der Waals surface area contributed by atoms with Crippen LogP contribution in [0.3, 0.4) is 0 Å².